The Hall–Kier alpha value is -5.37. The molecule has 0 saturated carbocycles. The summed E-state index contributed by atoms with van der Waals surface area (Å²) in [6.45, 7) is 9.06. The largest absolute Gasteiger partial charge is 0.507 e. The fourth-order valence-electron chi connectivity index (χ4n) is 8.31. The summed E-state index contributed by atoms with van der Waals surface area (Å²) in [5.41, 5.74) is 1.37. The van der Waals surface area contributed by atoms with Crippen molar-refractivity contribution in [3.63, 3.8) is 0 Å². The number of carbonyl (C=O) groups excluding carboxylic acids is 4. The second-order valence-corrected chi connectivity index (χ2v) is 28.0. The number of phenolic OH excluding ortho intramolecular Hbond substituents is 1. The van der Waals surface area contributed by atoms with Gasteiger partial charge in [-0.2, -0.15) is 0 Å². The molecule has 0 spiro atoms. The molecule has 2 fully saturated rings. The molecular formula is C59H84Cl3N5O16P2. The van der Waals surface area contributed by atoms with Crippen LogP contribution in [-0.2, 0) is 60.2 Å². The smallest absolute Gasteiger partial charge is 0.342 e. The van der Waals surface area contributed by atoms with Crippen molar-refractivity contribution in [1.29, 1.82) is 0 Å². The molecule has 0 aliphatic carbocycles. The minimum Gasteiger partial charge on any atom is -0.507 e. The Morgan fingerprint density at radius 1 is 0.624 bits per heavy atom. The number of nitrogens with zero attached hydrogens (tertiary/aromatic N) is 5. The third-order valence-electron chi connectivity index (χ3n) is 12.9. The molecule has 1 atom stereocenters. The van der Waals surface area contributed by atoms with Gasteiger partial charge in [-0.1, -0.05) is 70.0 Å². The SMILES string of the molecule is CCOCOc1cc(O)c2c(c1Cl)CC(=NOCC(=O)N1CCCCC1)/C=C/CC/C=C/CCOC2=O.CCOCOc1cc(OP(C)(C)=O)c2c(c1Cl)CC(=NOCC(=O)N1CCCCC1)/C=C/CC/C=C/CCOC2=O.CN(C)P(C)(=O)Cl. The maximum Gasteiger partial charge on any atom is 0.342 e. The minimum atomic E-state index is -3.12. The lowest BCUT2D eigenvalue weighted by molar-refractivity contribution is -0.137. The Morgan fingerprint density at radius 2 is 1.02 bits per heavy atom. The summed E-state index contributed by atoms with van der Waals surface area (Å²) in [6.07, 6.45) is 25.7. The van der Waals surface area contributed by atoms with Crippen LogP contribution in [0.1, 0.15) is 123 Å². The number of halogens is 3. The number of benzene rings is 2. The van der Waals surface area contributed by atoms with Crippen LogP contribution in [0.3, 0.4) is 0 Å². The van der Waals surface area contributed by atoms with Crippen LogP contribution in [0.5, 0.6) is 23.0 Å². The maximum atomic E-state index is 13.4. The summed E-state index contributed by atoms with van der Waals surface area (Å²) < 4.78 is 63.4. The zero-order chi connectivity index (χ0) is 62.2. The van der Waals surface area contributed by atoms with E-state index in [-0.39, 0.29) is 114 Å². The summed E-state index contributed by atoms with van der Waals surface area (Å²) >= 11 is 18.8. The monoisotopic (exact) mass is 1290 g/mol. The molecule has 4 aliphatic heterocycles. The molecule has 26 heteroatoms. The number of allylic oxidation sites excluding steroid dienone is 6. The van der Waals surface area contributed by atoms with Crippen molar-refractivity contribution >= 4 is 83.6 Å². The predicted octanol–water partition coefficient (Wildman–Crippen LogP) is 12.4. The number of esters is 2. The van der Waals surface area contributed by atoms with Crippen LogP contribution in [0.25, 0.3) is 0 Å². The van der Waals surface area contributed by atoms with Gasteiger partial charge in [-0.05, 0) is 140 Å². The van der Waals surface area contributed by atoms with Gasteiger partial charge in [-0.15, -0.1) is 0 Å². The van der Waals surface area contributed by atoms with E-state index in [9.17, 15) is 33.4 Å². The molecule has 4 aliphatic rings. The number of hydrogen-bond donors (Lipinski definition) is 1. The van der Waals surface area contributed by atoms with E-state index in [0.29, 0.717) is 56.1 Å². The topological polar surface area (TPSA) is 240 Å². The van der Waals surface area contributed by atoms with Gasteiger partial charge in [0.05, 0.1) is 34.7 Å². The average molecular weight is 1290 g/mol. The molecule has 1 unspecified atom stereocenters. The third kappa shape index (κ3) is 26.6. The van der Waals surface area contributed by atoms with Gasteiger partial charge in [0.2, 0.25) is 14.0 Å². The fourth-order valence-corrected chi connectivity index (χ4v) is 9.47. The van der Waals surface area contributed by atoms with Gasteiger partial charge in [0.25, 0.3) is 11.8 Å². The molecule has 21 nitrogen and oxygen atoms in total. The average Bonchev–Trinajstić information content (AvgIpc) is 1.57. The number of hydrogen-bond acceptors (Lipinski definition) is 18. The Morgan fingerprint density at radius 3 is 1.45 bits per heavy atom. The van der Waals surface area contributed by atoms with Gasteiger partial charge >= 0.3 is 11.9 Å². The predicted molar refractivity (Wildman–Crippen MR) is 332 cm³/mol. The van der Waals surface area contributed by atoms with Crippen LogP contribution in [0.15, 0.2) is 71.1 Å². The van der Waals surface area contributed by atoms with Crippen LogP contribution in [0, 0.1) is 0 Å². The Bertz CT molecular complexity index is 2790. The highest BCUT2D eigenvalue weighted by Gasteiger charge is 2.30. The number of fused-ring (bicyclic) bond motifs is 2. The number of carbonyl (C=O) groups is 4. The lowest BCUT2D eigenvalue weighted by Gasteiger charge is -2.26. The number of cyclic esters (lactones) is 2. The molecule has 85 heavy (non-hydrogen) atoms. The highest BCUT2D eigenvalue weighted by Crippen LogP contribution is 2.48. The minimum absolute atomic E-state index is 0.0152. The van der Waals surface area contributed by atoms with Crippen LogP contribution in [0.2, 0.25) is 10.0 Å². The molecule has 2 aromatic rings. The fraction of sp³-hybridized carbons (Fsp3) is 0.559. The zero-order valence-corrected chi connectivity index (χ0v) is 54.1. The molecule has 1 N–H and O–H groups in total. The molecule has 4 heterocycles. The standard InChI is InChI=1S/C29H40ClN2O8P.C27H35ClN2O7.C3H9ClNOP/c1-4-36-21-38-25-19-24(40-41(2,3)35)27-23(28(25)30)18-22(14-10-7-5-6-8-13-17-37-29(27)34)31-39-20-26(33)32-15-11-9-12-16-32;1-2-34-19-36-23-17-22(31)25-21(26(23)28)16-20(12-8-5-3-4-6-11-15-35-27(25)33)29-37-18-24(32)30-13-9-7-10-14-30;1-5(2)7(3,4)6/h6,8,10,14,19H,4-5,7,9,11-13,15-18,20-21H2,1-3H3;4,6,8,12,17,31H,2-3,5,7,9-11,13-16,18-19H2,1H3;1-3H3/b8-6+,14-10+,31-22?;6-4+,12-8+,29-20?;. The number of aromatic hydroxyl groups is 1. The second-order valence-electron chi connectivity index (χ2n) is 20.3. The highest BCUT2D eigenvalue weighted by molar-refractivity contribution is 7.86. The van der Waals surface area contributed by atoms with Gasteiger partial charge in [0.15, 0.2) is 26.8 Å². The first-order valence-corrected chi connectivity index (χ1v) is 34.8. The van der Waals surface area contributed by atoms with Crippen LogP contribution < -0.4 is 14.0 Å². The van der Waals surface area contributed by atoms with Crippen molar-refractivity contribution < 1.29 is 76.0 Å². The van der Waals surface area contributed by atoms with Gasteiger partial charge in [0.1, 0.15) is 34.1 Å². The lowest BCUT2D eigenvalue weighted by atomic mass is 9.99. The van der Waals surface area contributed by atoms with Crippen LogP contribution >= 0.6 is 48.5 Å². The van der Waals surface area contributed by atoms with Crippen molar-refractivity contribution in [3.8, 4) is 23.0 Å². The van der Waals surface area contributed by atoms with E-state index in [0.717, 1.165) is 77.3 Å². The molecule has 0 bridgehead atoms. The number of rotatable bonds is 17. The Kier molecular flexibility index (Phi) is 32.8. The van der Waals surface area contributed by atoms with E-state index in [1.807, 2.05) is 50.3 Å². The first-order valence-electron chi connectivity index (χ1n) is 28.6. The Labute approximate surface area is 515 Å². The molecular weight excluding hydrogens is 1200 g/mol. The molecule has 472 valence electrons. The van der Waals surface area contributed by atoms with Crippen molar-refractivity contribution in [2.45, 2.75) is 104 Å². The van der Waals surface area contributed by atoms with E-state index in [4.69, 9.17) is 77.1 Å². The highest BCUT2D eigenvalue weighted by atomic mass is 35.7. The quantitative estimate of drug-likeness (QED) is 0.0387. The number of phenols is 1. The van der Waals surface area contributed by atoms with Crippen molar-refractivity contribution in [2.24, 2.45) is 10.3 Å². The first kappa shape index (κ1) is 72.1. The number of likely N-dealkylation sites (tertiary alicyclic amines) is 2. The van der Waals surface area contributed by atoms with Crippen LogP contribution in [0.4, 0.5) is 0 Å². The third-order valence-corrected chi connectivity index (χ3v) is 16.7. The second kappa shape index (κ2) is 38.7. The van der Waals surface area contributed by atoms with E-state index < -0.39 is 26.0 Å². The van der Waals surface area contributed by atoms with E-state index in [2.05, 4.69) is 10.3 Å². The summed E-state index contributed by atoms with van der Waals surface area (Å²) in [4.78, 5) is 65.9. The van der Waals surface area contributed by atoms with Gasteiger partial charge < -0.3 is 57.5 Å². The summed E-state index contributed by atoms with van der Waals surface area (Å²) in [6, 6.07) is 2.69. The lowest BCUT2D eigenvalue weighted by Crippen LogP contribution is -2.37. The normalized spacial score (nSPS) is 19.7. The number of ether oxygens (including phenoxy) is 6. The van der Waals surface area contributed by atoms with Crippen molar-refractivity contribution in [2.75, 3.05) is 113 Å². The van der Waals surface area contributed by atoms with E-state index in [1.165, 1.54) is 36.8 Å². The van der Waals surface area contributed by atoms with Gasteiger partial charge in [0, 0.05) is 84.4 Å². The molecule has 2 amide bonds. The van der Waals surface area contributed by atoms with E-state index >= 15 is 0 Å². The summed E-state index contributed by atoms with van der Waals surface area (Å²) in [7, 11) is 0.259. The van der Waals surface area contributed by atoms with Gasteiger partial charge in [-0.3, -0.25) is 18.7 Å². The number of amides is 2. The number of oxime groups is 2. The molecule has 2 aromatic carbocycles. The first-order chi connectivity index (χ1) is 40.6. The van der Waals surface area contributed by atoms with E-state index in [1.54, 1.807) is 36.0 Å². The molecule has 2 saturated heterocycles. The van der Waals surface area contributed by atoms with Gasteiger partial charge in [-0.25, -0.2) is 14.3 Å². The maximum absolute atomic E-state index is 13.4. The zero-order valence-electron chi connectivity index (χ0n) is 50.0. The van der Waals surface area contributed by atoms with Crippen molar-refractivity contribution in [3.05, 3.63) is 93.0 Å². The van der Waals surface area contributed by atoms with Crippen molar-refractivity contribution in [1.82, 2.24) is 14.5 Å². The summed E-state index contributed by atoms with van der Waals surface area (Å²) in [5, 5.41) is 19.4. The number of piperidine rings is 2. The Balaban J connectivity index is 0.000000329. The summed E-state index contributed by atoms with van der Waals surface area (Å²) in [5.74, 6) is -1.61. The molecule has 6 rings (SSSR count). The molecule has 0 aromatic heterocycles. The van der Waals surface area contributed by atoms with Crippen LogP contribution in [-0.4, -0.2) is 168 Å². The molecule has 0 radical (unpaired) electrons.